The molecule has 2 aromatic carbocycles. The van der Waals surface area contributed by atoms with Gasteiger partial charge in [-0.05, 0) is 42.8 Å². The monoisotopic (exact) mass is 324 g/mol. The van der Waals surface area contributed by atoms with Crippen LogP contribution in [0.4, 0.5) is 16.2 Å². The number of ether oxygens (including phenoxy) is 1. The molecular formula is C17H16N4O3. The van der Waals surface area contributed by atoms with Crippen LogP contribution in [-0.4, -0.2) is 24.3 Å². The van der Waals surface area contributed by atoms with Gasteiger partial charge in [-0.2, -0.15) is 5.10 Å². The normalized spacial score (nSPS) is 13.4. The molecule has 1 heterocycles. The minimum atomic E-state index is -0.435. The number of anilines is 2. The maximum absolute atomic E-state index is 11.8. The fraction of sp³-hybridized carbons (Fsp3) is 0.118. The fourth-order valence-electron chi connectivity index (χ4n) is 2.19. The molecule has 7 nitrogen and oxygen atoms in total. The lowest BCUT2D eigenvalue weighted by Crippen LogP contribution is -2.26. The number of nitrogens with zero attached hydrogens (tertiary/aromatic N) is 1. The van der Waals surface area contributed by atoms with E-state index in [4.69, 9.17) is 4.74 Å². The van der Waals surface area contributed by atoms with Crippen molar-refractivity contribution in [1.29, 1.82) is 0 Å². The van der Waals surface area contributed by atoms with Gasteiger partial charge in [0, 0.05) is 5.69 Å². The molecule has 0 saturated heterocycles. The van der Waals surface area contributed by atoms with Crippen LogP contribution in [-0.2, 0) is 4.79 Å². The zero-order valence-corrected chi connectivity index (χ0v) is 13.0. The van der Waals surface area contributed by atoms with Crippen LogP contribution in [0.15, 0.2) is 53.6 Å². The van der Waals surface area contributed by atoms with Crippen molar-refractivity contribution in [2.24, 2.45) is 5.10 Å². The van der Waals surface area contributed by atoms with Crippen LogP contribution in [0, 0.1) is 0 Å². The van der Waals surface area contributed by atoms with Gasteiger partial charge in [0.1, 0.15) is 5.75 Å². The van der Waals surface area contributed by atoms with Gasteiger partial charge in [-0.15, -0.1) is 0 Å². The van der Waals surface area contributed by atoms with Gasteiger partial charge in [0.2, 0.25) is 0 Å². The van der Waals surface area contributed by atoms with Gasteiger partial charge in [0.15, 0.2) is 6.61 Å². The van der Waals surface area contributed by atoms with Crippen LogP contribution < -0.4 is 20.8 Å². The SMILES string of the molecule is C/C(=N/NC(=O)Nc1ccccc1)c1ccc2c(c1)NC(=O)CO2. The Morgan fingerprint density at radius 2 is 2.00 bits per heavy atom. The third-order valence-electron chi connectivity index (χ3n) is 3.39. The lowest BCUT2D eigenvalue weighted by molar-refractivity contribution is -0.118. The van der Waals surface area contributed by atoms with Crippen LogP contribution in [0.5, 0.6) is 5.75 Å². The number of hydrazone groups is 1. The molecule has 7 heteroatoms. The van der Waals surface area contributed by atoms with Crippen LogP contribution >= 0.6 is 0 Å². The number of carbonyl (C=O) groups is 2. The second-order valence-corrected chi connectivity index (χ2v) is 5.18. The van der Waals surface area contributed by atoms with E-state index in [0.717, 1.165) is 5.56 Å². The quantitative estimate of drug-likeness (QED) is 0.598. The fourth-order valence-corrected chi connectivity index (χ4v) is 2.19. The number of benzene rings is 2. The van der Waals surface area contributed by atoms with Gasteiger partial charge in [-0.3, -0.25) is 4.79 Å². The molecule has 3 rings (SSSR count). The molecule has 0 fully saturated rings. The average molecular weight is 324 g/mol. The van der Waals surface area contributed by atoms with Crippen molar-refractivity contribution in [3.05, 3.63) is 54.1 Å². The summed E-state index contributed by atoms with van der Waals surface area (Å²) in [6.07, 6.45) is 0. The Hall–Kier alpha value is -3.35. The summed E-state index contributed by atoms with van der Waals surface area (Å²) in [5.74, 6) is 0.413. The Kier molecular flexibility index (Phi) is 4.42. The number of amides is 3. The zero-order valence-electron chi connectivity index (χ0n) is 13.0. The molecule has 24 heavy (non-hydrogen) atoms. The average Bonchev–Trinajstić information content (AvgIpc) is 2.60. The summed E-state index contributed by atoms with van der Waals surface area (Å²) >= 11 is 0. The van der Waals surface area contributed by atoms with E-state index in [9.17, 15) is 9.59 Å². The first-order valence-electron chi connectivity index (χ1n) is 7.35. The molecule has 0 bridgehead atoms. The van der Waals surface area contributed by atoms with Crippen LogP contribution in [0.25, 0.3) is 0 Å². The number of fused-ring (bicyclic) bond motifs is 1. The summed E-state index contributed by atoms with van der Waals surface area (Å²) in [5.41, 5.74) is 5.07. The predicted molar refractivity (Wildman–Crippen MR) is 91.4 cm³/mol. The maximum atomic E-state index is 11.8. The maximum Gasteiger partial charge on any atom is 0.339 e. The summed E-state index contributed by atoms with van der Waals surface area (Å²) in [6.45, 7) is 1.77. The van der Waals surface area contributed by atoms with E-state index in [1.165, 1.54) is 0 Å². The van der Waals surface area contributed by atoms with Gasteiger partial charge in [0.05, 0.1) is 11.4 Å². The topological polar surface area (TPSA) is 91.8 Å². The Bertz CT molecular complexity index is 803. The zero-order chi connectivity index (χ0) is 16.9. The highest BCUT2D eigenvalue weighted by molar-refractivity contribution is 6.03. The highest BCUT2D eigenvalue weighted by atomic mass is 16.5. The molecule has 0 unspecified atom stereocenters. The Labute approximate surface area is 138 Å². The standard InChI is InChI=1S/C17H16N4O3/c1-11(20-21-17(23)18-13-5-3-2-4-6-13)12-7-8-15-14(9-12)19-16(22)10-24-15/h2-9H,10H2,1H3,(H,19,22)(H2,18,21,23)/b20-11-. The molecule has 0 radical (unpaired) electrons. The number of carbonyl (C=O) groups excluding carboxylic acids is 2. The number of hydrogen-bond donors (Lipinski definition) is 3. The Balaban J connectivity index is 1.66. The molecule has 1 aliphatic heterocycles. The van der Waals surface area contributed by atoms with E-state index in [0.29, 0.717) is 22.8 Å². The number of para-hydroxylation sites is 1. The highest BCUT2D eigenvalue weighted by Crippen LogP contribution is 2.28. The second kappa shape index (κ2) is 6.82. The van der Waals surface area contributed by atoms with Crippen LogP contribution in [0.1, 0.15) is 12.5 Å². The molecule has 0 spiro atoms. The summed E-state index contributed by atoms with van der Waals surface area (Å²) in [6, 6.07) is 14.0. The lowest BCUT2D eigenvalue weighted by atomic mass is 10.1. The number of rotatable bonds is 3. The molecule has 3 amide bonds. The van der Waals surface area contributed by atoms with Crippen molar-refractivity contribution in [2.75, 3.05) is 17.2 Å². The van der Waals surface area contributed by atoms with Crippen molar-refractivity contribution < 1.29 is 14.3 Å². The van der Waals surface area contributed by atoms with Gasteiger partial charge in [-0.1, -0.05) is 18.2 Å². The molecule has 0 aromatic heterocycles. The minimum absolute atomic E-state index is 0.0145. The van der Waals surface area contributed by atoms with Gasteiger partial charge in [0.25, 0.3) is 5.91 Å². The molecule has 0 atom stereocenters. The van der Waals surface area contributed by atoms with Gasteiger partial charge >= 0.3 is 6.03 Å². The predicted octanol–water partition coefficient (Wildman–Crippen LogP) is 2.56. The molecule has 0 saturated carbocycles. The summed E-state index contributed by atoms with van der Waals surface area (Å²) in [7, 11) is 0. The van der Waals surface area contributed by atoms with Crippen LogP contribution in [0.3, 0.4) is 0 Å². The Morgan fingerprint density at radius 3 is 2.79 bits per heavy atom. The summed E-state index contributed by atoms with van der Waals surface area (Å²) < 4.78 is 5.30. The molecule has 122 valence electrons. The van der Waals surface area contributed by atoms with E-state index in [1.807, 2.05) is 24.3 Å². The number of hydrogen-bond acceptors (Lipinski definition) is 4. The van der Waals surface area contributed by atoms with E-state index < -0.39 is 6.03 Å². The summed E-state index contributed by atoms with van der Waals surface area (Å²) in [4.78, 5) is 23.2. The summed E-state index contributed by atoms with van der Waals surface area (Å²) in [5, 5.41) is 9.46. The van der Waals surface area contributed by atoms with E-state index >= 15 is 0 Å². The van der Waals surface area contributed by atoms with Crippen molar-refractivity contribution in [2.45, 2.75) is 6.92 Å². The first-order valence-corrected chi connectivity index (χ1v) is 7.35. The molecule has 3 N–H and O–H groups in total. The highest BCUT2D eigenvalue weighted by Gasteiger charge is 2.16. The number of nitrogens with one attached hydrogen (secondary N) is 3. The Morgan fingerprint density at radius 1 is 1.21 bits per heavy atom. The third-order valence-corrected chi connectivity index (χ3v) is 3.39. The molecule has 2 aromatic rings. The first kappa shape index (κ1) is 15.5. The van der Waals surface area contributed by atoms with Gasteiger partial charge < -0.3 is 15.4 Å². The van der Waals surface area contributed by atoms with E-state index in [-0.39, 0.29) is 12.5 Å². The van der Waals surface area contributed by atoms with Crippen molar-refractivity contribution >= 4 is 29.0 Å². The van der Waals surface area contributed by atoms with Crippen LogP contribution in [0.2, 0.25) is 0 Å². The van der Waals surface area contributed by atoms with Crippen molar-refractivity contribution in [3.8, 4) is 5.75 Å². The first-order chi connectivity index (χ1) is 11.6. The largest absolute Gasteiger partial charge is 0.482 e. The second-order valence-electron chi connectivity index (χ2n) is 5.18. The number of urea groups is 1. The van der Waals surface area contributed by atoms with Gasteiger partial charge in [-0.25, -0.2) is 10.2 Å². The molecule has 0 aliphatic carbocycles. The molecule has 1 aliphatic rings. The third kappa shape index (κ3) is 3.70. The van der Waals surface area contributed by atoms with Crippen molar-refractivity contribution in [1.82, 2.24) is 5.43 Å². The van der Waals surface area contributed by atoms with Crippen molar-refractivity contribution in [3.63, 3.8) is 0 Å². The lowest BCUT2D eigenvalue weighted by Gasteiger charge is -2.18. The van der Waals surface area contributed by atoms with E-state index in [1.54, 1.807) is 31.2 Å². The minimum Gasteiger partial charge on any atom is -0.482 e. The van der Waals surface area contributed by atoms with E-state index in [2.05, 4.69) is 21.2 Å². The smallest absolute Gasteiger partial charge is 0.339 e. The molecular weight excluding hydrogens is 308 g/mol.